The summed E-state index contributed by atoms with van der Waals surface area (Å²) in [6, 6.07) is 3.39. The van der Waals surface area contributed by atoms with Crippen molar-refractivity contribution in [2.24, 2.45) is 3.77 Å². The normalized spacial score (nSPS) is 17.7. The highest BCUT2D eigenvalue weighted by atomic mass is 32.3. The molecule has 0 bridgehead atoms. The lowest BCUT2D eigenvalue weighted by Gasteiger charge is -2.16. The molecule has 1 aromatic carbocycles. The van der Waals surface area contributed by atoms with E-state index in [-0.39, 0.29) is 36.0 Å². The van der Waals surface area contributed by atoms with Gasteiger partial charge in [0.05, 0.1) is 47.1 Å². The minimum Gasteiger partial charge on any atom is -0.495 e. The Morgan fingerprint density at radius 2 is 2.00 bits per heavy atom. The summed E-state index contributed by atoms with van der Waals surface area (Å²) < 4.78 is 50.7. The number of carboxylic acid groups (broad SMARTS) is 1. The molecule has 0 amide bonds. The van der Waals surface area contributed by atoms with Gasteiger partial charge in [-0.15, -0.1) is 3.77 Å². The summed E-state index contributed by atoms with van der Waals surface area (Å²) in [5, 5.41) is 8.97. The molecule has 0 aliphatic carbocycles. The number of benzene rings is 1. The summed E-state index contributed by atoms with van der Waals surface area (Å²) in [6.07, 6.45) is 0. The fourth-order valence-corrected chi connectivity index (χ4v) is 5.88. The molecule has 1 fully saturated rings. The van der Waals surface area contributed by atoms with E-state index >= 15 is 0 Å². The van der Waals surface area contributed by atoms with E-state index in [1.807, 2.05) is 0 Å². The highest BCUT2D eigenvalue weighted by Crippen LogP contribution is 2.27. The zero-order chi connectivity index (χ0) is 16.4. The molecule has 0 aromatic heterocycles. The minimum absolute atomic E-state index is 0.0210. The number of carbonyl (C=O) groups is 1. The van der Waals surface area contributed by atoms with Gasteiger partial charge in [0.25, 0.3) is 10.0 Å². The van der Waals surface area contributed by atoms with Gasteiger partial charge in [-0.25, -0.2) is 9.00 Å². The number of hydrogen-bond donors (Lipinski definition) is 1. The van der Waals surface area contributed by atoms with Crippen LogP contribution >= 0.6 is 0 Å². The lowest BCUT2D eigenvalue weighted by atomic mass is 10.2. The first-order valence-electron chi connectivity index (χ1n) is 6.25. The summed E-state index contributed by atoms with van der Waals surface area (Å²) in [7, 11) is -6.00. The quantitative estimate of drug-likeness (QED) is 0.844. The van der Waals surface area contributed by atoms with Crippen LogP contribution in [0.5, 0.6) is 5.75 Å². The number of nitrogens with zero attached hydrogens (tertiary/aromatic N) is 1. The van der Waals surface area contributed by atoms with Crippen molar-refractivity contribution in [2.45, 2.75) is 4.90 Å². The second-order valence-corrected chi connectivity index (χ2v) is 8.86. The van der Waals surface area contributed by atoms with Crippen LogP contribution in [0.2, 0.25) is 0 Å². The van der Waals surface area contributed by atoms with Gasteiger partial charge in [0, 0.05) is 0 Å². The predicted molar refractivity (Wildman–Crippen MR) is 78.3 cm³/mol. The van der Waals surface area contributed by atoms with E-state index in [1.54, 1.807) is 0 Å². The molecule has 0 atom stereocenters. The Labute approximate surface area is 128 Å². The molecule has 1 N–H and O–H groups in total. The molecule has 0 unspecified atom stereocenters. The maximum Gasteiger partial charge on any atom is 0.335 e. The van der Waals surface area contributed by atoms with E-state index in [2.05, 4.69) is 3.77 Å². The topological polar surface area (TPSA) is 119 Å². The Kier molecular flexibility index (Phi) is 4.73. The van der Waals surface area contributed by atoms with Crippen LogP contribution in [0.4, 0.5) is 0 Å². The molecule has 1 aromatic rings. The number of carboxylic acids is 1. The van der Waals surface area contributed by atoms with Gasteiger partial charge in [-0.05, 0) is 18.2 Å². The minimum atomic E-state index is -4.31. The summed E-state index contributed by atoms with van der Waals surface area (Å²) in [5.74, 6) is -1.29. The maximum atomic E-state index is 12.4. The first-order chi connectivity index (χ1) is 10.3. The maximum absolute atomic E-state index is 12.4. The van der Waals surface area contributed by atoms with E-state index in [1.165, 1.54) is 19.2 Å². The van der Waals surface area contributed by atoms with Crippen LogP contribution in [0.1, 0.15) is 10.4 Å². The first-order valence-corrected chi connectivity index (χ1v) is 9.55. The third kappa shape index (κ3) is 3.57. The average molecular weight is 349 g/mol. The van der Waals surface area contributed by atoms with Gasteiger partial charge in [-0.3, -0.25) is 0 Å². The molecule has 0 saturated carbocycles. The zero-order valence-electron chi connectivity index (χ0n) is 11.7. The van der Waals surface area contributed by atoms with Crippen molar-refractivity contribution in [3.8, 4) is 5.75 Å². The van der Waals surface area contributed by atoms with E-state index in [4.69, 9.17) is 14.6 Å². The van der Waals surface area contributed by atoms with Crippen molar-refractivity contribution in [1.82, 2.24) is 0 Å². The zero-order valence-corrected chi connectivity index (χ0v) is 13.4. The lowest BCUT2D eigenvalue weighted by molar-refractivity contribution is 0.0696. The second kappa shape index (κ2) is 6.23. The lowest BCUT2D eigenvalue weighted by Crippen LogP contribution is -2.26. The van der Waals surface area contributed by atoms with Crippen molar-refractivity contribution in [3.05, 3.63) is 23.8 Å². The Morgan fingerprint density at radius 3 is 2.55 bits per heavy atom. The average Bonchev–Trinajstić information content (AvgIpc) is 2.46. The van der Waals surface area contributed by atoms with Crippen LogP contribution in [0.25, 0.3) is 0 Å². The van der Waals surface area contributed by atoms with Crippen molar-refractivity contribution >= 4 is 25.7 Å². The summed E-state index contributed by atoms with van der Waals surface area (Å²) in [6.45, 7) is 0.342. The molecule has 0 spiro atoms. The SMILES string of the molecule is COc1ccc(C(=O)O)cc1S(=O)(=O)N=S1(=O)CCOCC1. The van der Waals surface area contributed by atoms with Crippen LogP contribution in [0.15, 0.2) is 26.9 Å². The van der Waals surface area contributed by atoms with Crippen LogP contribution in [0.3, 0.4) is 0 Å². The fraction of sp³-hybridized carbons (Fsp3) is 0.417. The number of ether oxygens (including phenoxy) is 2. The standard InChI is InChI=1S/C12H15NO7S2/c1-19-10-3-2-9(12(14)15)8-11(10)22(17,18)13-21(16)6-4-20-5-7-21/h2-3,8H,4-7H2,1H3,(H,14,15). The largest absolute Gasteiger partial charge is 0.495 e. The Bertz CT molecular complexity index is 795. The highest BCUT2D eigenvalue weighted by molar-refractivity contribution is 8.03. The fourth-order valence-electron chi connectivity index (χ4n) is 1.89. The van der Waals surface area contributed by atoms with Crippen LogP contribution in [-0.2, 0) is 24.5 Å². The summed E-state index contributed by atoms with van der Waals surface area (Å²) in [5.41, 5.74) is -0.225. The van der Waals surface area contributed by atoms with Gasteiger partial charge in [-0.1, -0.05) is 0 Å². The number of aromatic carboxylic acids is 1. The third-order valence-corrected chi connectivity index (χ3v) is 7.37. The molecule has 1 aliphatic heterocycles. The Balaban J connectivity index is 2.58. The molecule has 122 valence electrons. The van der Waals surface area contributed by atoms with Gasteiger partial charge in [0.2, 0.25) is 0 Å². The van der Waals surface area contributed by atoms with Crippen LogP contribution < -0.4 is 4.74 Å². The molecule has 10 heteroatoms. The molecule has 1 saturated heterocycles. The van der Waals surface area contributed by atoms with E-state index < -0.39 is 30.6 Å². The summed E-state index contributed by atoms with van der Waals surface area (Å²) >= 11 is 0. The molecule has 8 nitrogen and oxygen atoms in total. The highest BCUT2D eigenvalue weighted by Gasteiger charge is 2.25. The molecule has 2 rings (SSSR count). The van der Waals surface area contributed by atoms with Gasteiger partial charge in [0.1, 0.15) is 10.6 Å². The second-order valence-electron chi connectivity index (χ2n) is 4.51. The molecular formula is C12H15NO7S2. The Hall–Kier alpha value is -1.65. The smallest absolute Gasteiger partial charge is 0.335 e. The number of hydrogen-bond acceptors (Lipinski definition) is 6. The van der Waals surface area contributed by atoms with E-state index in [0.29, 0.717) is 0 Å². The van der Waals surface area contributed by atoms with Crippen LogP contribution in [-0.4, -0.2) is 55.5 Å². The molecule has 22 heavy (non-hydrogen) atoms. The van der Waals surface area contributed by atoms with Crippen molar-refractivity contribution < 1.29 is 32.0 Å². The van der Waals surface area contributed by atoms with Gasteiger partial charge < -0.3 is 14.6 Å². The van der Waals surface area contributed by atoms with E-state index in [0.717, 1.165) is 6.07 Å². The molecule has 1 heterocycles. The van der Waals surface area contributed by atoms with Gasteiger partial charge >= 0.3 is 5.97 Å². The molecule has 0 radical (unpaired) electrons. The van der Waals surface area contributed by atoms with Gasteiger partial charge in [0.15, 0.2) is 0 Å². The van der Waals surface area contributed by atoms with Crippen molar-refractivity contribution in [3.63, 3.8) is 0 Å². The summed E-state index contributed by atoms with van der Waals surface area (Å²) in [4.78, 5) is 10.6. The van der Waals surface area contributed by atoms with Crippen molar-refractivity contribution in [2.75, 3.05) is 31.8 Å². The van der Waals surface area contributed by atoms with Crippen molar-refractivity contribution in [1.29, 1.82) is 0 Å². The third-order valence-electron chi connectivity index (χ3n) is 3.02. The first kappa shape index (κ1) is 16.7. The number of sulfonamides is 1. The molecule has 1 aliphatic rings. The monoisotopic (exact) mass is 349 g/mol. The van der Waals surface area contributed by atoms with Crippen LogP contribution in [0, 0.1) is 0 Å². The number of rotatable bonds is 4. The number of methoxy groups -OCH3 is 1. The van der Waals surface area contributed by atoms with Gasteiger partial charge in [-0.2, -0.15) is 8.42 Å². The van der Waals surface area contributed by atoms with E-state index in [9.17, 15) is 17.4 Å². The molecular weight excluding hydrogens is 334 g/mol. The Morgan fingerprint density at radius 1 is 1.36 bits per heavy atom. The predicted octanol–water partition coefficient (Wildman–Crippen LogP) is 0.580.